The van der Waals surface area contributed by atoms with Gasteiger partial charge in [-0.3, -0.25) is 0 Å². The number of carbonyl (C=O) groups is 1. The van der Waals surface area contributed by atoms with Crippen molar-refractivity contribution >= 4 is 11.7 Å². The third kappa shape index (κ3) is 3.27. The highest BCUT2D eigenvalue weighted by Gasteiger charge is 2.36. The van der Waals surface area contributed by atoms with Crippen molar-refractivity contribution in [2.45, 2.75) is 6.18 Å². The van der Waals surface area contributed by atoms with E-state index < -0.39 is 23.6 Å². The predicted octanol–water partition coefficient (Wildman–Crippen LogP) is 3.26. The molecule has 1 aromatic heterocycles. The fraction of sp³-hybridized carbons (Fsp3) is 0.143. The van der Waals surface area contributed by atoms with Crippen LogP contribution in [-0.4, -0.2) is 18.1 Å². The Kier molecular flexibility index (Phi) is 4.20. The van der Waals surface area contributed by atoms with Gasteiger partial charge in [0.25, 0.3) is 0 Å². The molecule has 0 saturated heterocycles. The van der Waals surface area contributed by atoms with E-state index in [2.05, 4.69) is 9.72 Å². The van der Waals surface area contributed by atoms with Gasteiger partial charge in [-0.2, -0.15) is 13.2 Å². The largest absolute Gasteiger partial charge is 0.465 e. The first-order chi connectivity index (χ1) is 10.3. The second kappa shape index (κ2) is 5.92. The van der Waals surface area contributed by atoms with Gasteiger partial charge in [0.15, 0.2) is 11.4 Å². The van der Waals surface area contributed by atoms with Gasteiger partial charge in [-0.25, -0.2) is 9.78 Å². The van der Waals surface area contributed by atoms with Crippen molar-refractivity contribution < 1.29 is 27.4 Å². The highest BCUT2D eigenvalue weighted by molar-refractivity contribution is 5.95. The summed E-state index contributed by atoms with van der Waals surface area (Å²) in [6.07, 6.45) is -3.64. The van der Waals surface area contributed by atoms with Crippen LogP contribution in [0.15, 0.2) is 36.5 Å². The van der Waals surface area contributed by atoms with Crippen LogP contribution in [0.1, 0.15) is 16.1 Å². The van der Waals surface area contributed by atoms with Gasteiger partial charge < -0.3 is 15.2 Å². The molecule has 0 aliphatic rings. The van der Waals surface area contributed by atoms with E-state index in [4.69, 9.17) is 10.5 Å². The third-order valence-electron chi connectivity index (χ3n) is 2.70. The smallest absolute Gasteiger partial charge is 0.437 e. The number of halogens is 3. The standard InChI is InChI=1S/C14H11F3N2O3/c1-21-13(20)9-7-8(4-5-10(9)18)22-11-3-2-6-19-12(11)14(15,16)17/h2-7H,18H2,1H3. The Bertz CT molecular complexity index is 702. The van der Waals surface area contributed by atoms with Crippen molar-refractivity contribution in [3.63, 3.8) is 0 Å². The summed E-state index contributed by atoms with van der Waals surface area (Å²) in [6.45, 7) is 0. The summed E-state index contributed by atoms with van der Waals surface area (Å²) in [6, 6.07) is 6.32. The number of carbonyl (C=O) groups excluding carboxylic acids is 1. The number of methoxy groups -OCH3 is 1. The number of nitrogens with zero attached hydrogens (tertiary/aromatic N) is 1. The second-order valence-corrected chi connectivity index (χ2v) is 4.19. The summed E-state index contributed by atoms with van der Waals surface area (Å²) in [4.78, 5) is 14.8. The van der Waals surface area contributed by atoms with Crippen LogP contribution < -0.4 is 10.5 Å². The van der Waals surface area contributed by atoms with Crippen LogP contribution in [0.25, 0.3) is 0 Å². The average Bonchev–Trinajstić information content (AvgIpc) is 2.48. The first-order valence-corrected chi connectivity index (χ1v) is 6.01. The van der Waals surface area contributed by atoms with E-state index >= 15 is 0 Å². The van der Waals surface area contributed by atoms with Gasteiger partial charge in [0, 0.05) is 11.9 Å². The normalized spacial score (nSPS) is 11.1. The topological polar surface area (TPSA) is 74.4 Å². The molecule has 0 aliphatic carbocycles. The van der Waals surface area contributed by atoms with Crippen molar-refractivity contribution in [1.82, 2.24) is 4.98 Å². The lowest BCUT2D eigenvalue weighted by Crippen LogP contribution is -2.10. The lowest BCUT2D eigenvalue weighted by molar-refractivity contribution is -0.142. The van der Waals surface area contributed by atoms with Crippen LogP contribution in [0, 0.1) is 0 Å². The van der Waals surface area contributed by atoms with Gasteiger partial charge in [-0.1, -0.05) is 0 Å². The Morgan fingerprint density at radius 1 is 1.27 bits per heavy atom. The zero-order valence-corrected chi connectivity index (χ0v) is 11.3. The molecule has 2 N–H and O–H groups in total. The van der Waals surface area contributed by atoms with Crippen molar-refractivity contribution in [2.24, 2.45) is 0 Å². The van der Waals surface area contributed by atoms with Gasteiger partial charge in [0.05, 0.1) is 12.7 Å². The molecule has 0 radical (unpaired) electrons. The van der Waals surface area contributed by atoms with Gasteiger partial charge in [0.1, 0.15) is 5.75 Å². The molecule has 0 atom stereocenters. The molecule has 1 aromatic carbocycles. The van der Waals surface area contributed by atoms with Crippen molar-refractivity contribution in [2.75, 3.05) is 12.8 Å². The molecular weight excluding hydrogens is 301 g/mol. The molecule has 1 heterocycles. The molecule has 116 valence electrons. The van der Waals surface area contributed by atoms with Crippen molar-refractivity contribution in [3.8, 4) is 11.5 Å². The molecule has 0 aliphatic heterocycles. The fourth-order valence-electron chi connectivity index (χ4n) is 1.70. The first-order valence-electron chi connectivity index (χ1n) is 6.01. The Hall–Kier alpha value is -2.77. The second-order valence-electron chi connectivity index (χ2n) is 4.19. The number of ether oxygens (including phenoxy) is 2. The summed E-state index contributed by atoms with van der Waals surface area (Å²) >= 11 is 0. The SMILES string of the molecule is COC(=O)c1cc(Oc2cccnc2C(F)(F)F)ccc1N. The highest BCUT2D eigenvalue weighted by atomic mass is 19.4. The lowest BCUT2D eigenvalue weighted by atomic mass is 10.1. The van der Waals surface area contributed by atoms with E-state index in [1.165, 1.54) is 24.3 Å². The average molecular weight is 312 g/mol. The molecular formula is C14H11F3N2O3. The predicted molar refractivity (Wildman–Crippen MR) is 71.5 cm³/mol. The Morgan fingerprint density at radius 3 is 2.64 bits per heavy atom. The maximum absolute atomic E-state index is 12.8. The van der Waals surface area contributed by atoms with Crippen molar-refractivity contribution in [1.29, 1.82) is 0 Å². The highest BCUT2D eigenvalue weighted by Crippen LogP contribution is 2.36. The molecule has 0 spiro atoms. The van der Waals surface area contributed by atoms with E-state index in [-0.39, 0.29) is 17.0 Å². The monoisotopic (exact) mass is 312 g/mol. The van der Waals surface area contributed by atoms with Crippen LogP contribution in [0.3, 0.4) is 0 Å². The van der Waals surface area contributed by atoms with Gasteiger partial charge in [-0.05, 0) is 30.3 Å². The molecule has 0 bridgehead atoms. The molecule has 22 heavy (non-hydrogen) atoms. The van der Waals surface area contributed by atoms with Crippen molar-refractivity contribution in [3.05, 3.63) is 47.8 Å². The van der Waals surface area contributed by atoms with E-state index in [9.17, 15) is 18.0 Å². The minimum Gasteiger partial charge on any atom is -0.465 e. The zero-order chi connectivity index (χ0) is 16.3. The summed E-state index contributed by atoms with van der Waals surface area (Å²) < 4.78 is 48.2. The van der Waals surface area contributed by atoms with Crippen LogP contribution in [0.2, 0.25) is 0 Å². The van der Waals surface area contributed by atoms with Crippen LogP contribution in [-0.2, 0) is 10.9 Å². The summed E-state index contributed by atoms with van der Waals surface area (Å²) in [5.41, 5.74) is 4.57. The van der Waals surface area contributed by atoms with Gasteiger partial charge in [0.2, 0.25) is 0 Å². The minimum absolute atomic E-state index is 0.00236. The summed E-state index contributed by atoms with van der Waals surface area (Å²) in [7, 11) is 1.16. The van der Waals surface area contributed by atoms with Crippen LogP contribution >= 0.6 is 0 Å². The van der Waals surface area contributed by atoms with Gasteiger partial charge >= 0.3 is 12.1 Å². The Labute approximate surface area is 123 Å². The number of hydrogen-bond acceptors (Lipinski definition) is 5. The van der Waals surface area contributed by atoms with E-state index in [0.717, 1.165) is 19.4 Å². The molecule has 8 heteroatoms. The number of benzene rings is 1. The summed E-state index contributed by atoms with van der Waals surface area (Å²) in [5, 5.41) is 0. The van der Waals surface area contributed by atoms with Crippen LogP contribution in [0.5, 0.6) is 11.5 Å². The zero-order valence-electron chi connectivity index (χ0n) is 11.3. The Morgan fingerprint density at radius 2 is 2.00 bits per heavy atom. The number of esters is 1. The molecule has 5 nitrogen and oxygen atoms in total. The Balaban J connectivity index is 2.39. The van der Waals surface area contributed by atoms with E-state index in [0.29, 0.717) is 0 Å². The third-order valence-corrected chi connectivity index (χ3v) is 2.70. The fourth-order valence-corrected chi connectivity index (χ4v) is 1.70. The first kappa shape index (κ1) is 15.6. The molecule has 0 fully saturated rings. The number of nitrogens with two attached hydrogens (primary N) is 1. The number of alkyl halides is 3. The number of aromatic nitrogens is 1. The molecule has 0 saturated carbocycles. The number of hydrogen-bond donors (Lipinski definition) is 1. The minimum atomic E-state index is -4.66. The maximum Gasteiger partial charge on any atom is 0.437 e. The molecule has 0 amide bonds. The number of anilines is 1. The molecule has 2 aromatic rings. The van der Waals surface area contributed by atoms with E-state index in [1.54, 1.807) is 0 Å². The number of pyridine rings is 1. The molecule has 0 unspecified atom stereocenters. The summed E-state index contributed by atoms with van der Waals surface area (Å²) in [5.74, 6) is -1.19. The lowest BCUT2D eigenvalue weighted by Gasteiger charge is -2.13. The quantitative estimate of drug-likeness (QED) is 0.695. The van der Waals surface area contributed by atoms with Crippen LogP contribution in [0.4, 0.5) is 18.9 Å². The molecule has 2 rings (SSSR count). The van der Waals surface area contributed by atoms with Gasteiger partial charge in [-0.15, -0.1) is 0 Å². The number of rotatable bonds is 3. The number of nitrogen functional groups attached to an aromatic ring is 1. The maximum atomic E-state index is 12.8. The van der Waals surface area contributed by atoms with E-state index in [1.807, 2.05) is 0 Å².